The summed E-state index contributed by atoms with van der Waals surface area (Å²) >= 11 is 0. The first kappa shape index (κ1) is 18.6. The van der Waals surface area contributed by atoms with Crippen LogP contribution < -0.4 is 5.32 Å². The predicted octanol–water partition coefficient (Wildman–Crippen LogP) is 2.93. The Morgan fingerprint density at radius 2 is 1.96 bits per heavy atom. The SMILES string of the molecule is CCc1nccn1CCNC(=O)[C@@H](c1ccc(F)cc1)N1CCCCC1. The molecule has 1 atom stereocenters. The maximum absolute atomic E-state index is 13.3. The van der Waals surface area contributed by atoms with Gasteiger partial charge in [0, 0.05) is 31.9 Å². The summed E-state index contributed by atoms with van der Waals surface area (Å²) in [7, 11) is 0. The summed E-state index contributed by atoms with van der Waals surface area (Å²) in [6.07, 6.45) is 7.99. The summed E-state index contributed by atoms with van der Waals surface area (Å²) in [5, 5.41) is 3.06. The largest absolute Gasteiger partial charge is 0.353 e. The molecule has 26 heavy (non-hydrogen) atoms. The lowest BCUT2D eigenvalue weighted by Crippen LogP contribution is -2.43. The number of hydrogen-bond donors (Lipinski definition) is 1. The quantitative estimate of drug-likeness (QED) is 0.828. The van der Waals surface area contributed by atoms with Crippen LogP contribution >= 0.6 is 0 Å². The maximum atomic E-state index is 13.3. The van der Waals surface area contributed by atoms with Crippen molar-refractivity contribution in [1.82, 2.24) is 19.8 Å². The van der Waals surface area contributed by atoms with E-state index >= 15 is 0 Å². The maximum Gasteiger partial charge on any atom is 0.242 e. The molecule has 0 unspecified atom stereocenters. The van der Waals surface area contributed by atoms with Gasteiger partial charge in [-0.25, -0.2) is 9.37 Å². The molecule has 2 heterocycles. The lowest BCUT2D eigenvalue weighted by atomic mass is 10.0. The minimum Gasteiger partial charge on any atom is -0.353 e. The van der Waals surface area contributed by atoms with Gasteiger partial charge in [0.05, 0.1) is 0 Å². The molecular weight excluding hydrogens is 331 g/mol. The Morgan fingerprint density at radius 1 is 1.23 bits per heavy atom. The van der Waals surface area contributed by atoms with E-state index in [1.54, 1.807) is 18.3 Å². The fraction of sp³-hybridized carbons (Fsp3) is 0.500. The van der Waals surface area contributed by atoms with Crippen molar-refractivity contribution in [2.24, 2.45) is 0 Å². The molecule has 1 saturated heterocycles. The number of carbonyl (C=O) groups excluding carboxylic acids is 1. The van der Waals surface area contributed by atoms with Gasteiger partial charge in [-0.15, -0.1) is 0 Å². The van der Waals surface area contributed by atoms with Gasteiger partial charge >= 0.3 is 0 Å². The van der Waals surface area contributed by atoms with Gasteiger partial charge < -0.3 is 9.88 Å². The number of nitrogens with one attached hydrogen (secondary N) is 1. The van der Waals surface area contributed by atoms with E-state index in [1.165, 1.54) is 18.6 Å². The van der Waals surface area contributed by atoms with E-state index in [1.807, 2.05) is 6.20 Å². The van der Waals surface area contributed by atoms with Crippen molar-refractivity contribution < 1.29 is 9.18 Å². The number of rotatable bonds is 7. The van der Waals surface area contributed by atoms with Crippen molar-refractivity contribution in [3.63, 3.8) is 0 Å². The lowest BCUT2D eigenvalue weighted by Gasteiger charge is -2.34. The van der Waals surface area contributed by atoms with Crippen LogP contribution in [0.15, 0.2) is 36.7 Å². The topological polar surface area (TPSA) is 50.2 Å². The average molecular weight is 358 g/mol. The first-order valence-corrected chi connectivity index (χ1v) is 9.46. The van der Waals surface area contributed by atoms with Gasteiger partial charge in [0.25, 0.3) is 0 Å². The summed E-state index contributed by atoms with van der Waals surface area (Å²) in [4.78, 5) is 19.5. The number of benzene rings is 1. The molecule has 1 aromatic carbocycles. The molecule has 1 fully saturated rings. The summed E-state index contributed by atoms with van der Waals surface area (Å²) in [5.41, 5.74) is 0.850. The average Bonchev–Trinajstić information content (AvgIpc) is 3.12. The minimum absolute atomic E-state index is 0.0170. The zero-order valence-corrected chi connectivity index (χ0v) is 15.3. The normalized spacial score (nSPS) is 16.4. The molecule has 1 amide bonds. The van der Waals surface area contributed by atoms with E-state index in [0.717, 1.165) is 43.7 Å². The molecule has 1 aliphatic rings. The van der Waals surface area contributed by atoms with Crippen LogP contribution in [0.5, 0.6) is 0 Å². The zero-order chi connectivity index (χ0) is 18.4. The standard InChI is InChI=1S/C20H27FN4O/c1-2-18-22-10-14-24(18)15-11-23-20(26)19(25-12-4-3-5-13-25)16-6-8-17(21)9-7-16/h6-10,14,19H,2-5,11-13,15H2,1H3,(H,23,26)/t19-/m1/s1. The summed E-state index contributed by atoms with van der Waals surface area (Å²) < 4.78 is 15.4. The van der Waals surface area contributed by atoms with Crippen LogP contribution in [-0.4, -0.2) is 40.0 Å². The Labute approximate surface area is 154 Å². The third-order valence-corrected chi connectivity index (χ3v) is 4.96. The first-order chi connectivity index (χ1) is 12.7. The number of nitrogens with zero attached hydrogens (tertiary/aromatic N) is 3. The van der Waals surface area contributed by atoms with Crippen molar-refractivity contribution in [3.8, 4) is 0 Å². The van der Waals surface area contributed by atoms with E-state index in [9.17, 15) is 9.18 Å². The van der Waals surface area contributed by atoms with Gasteiger partial charge in [-0.05, 0) is 43.6 Å². The molecule has 0 saturated carbocycles. The summed E-state index contributed by atoms with van der Waals surface area (Å²) in [6.45, 7) is 5.12. The predicted molar refractivity (Wildman–Crippen MR) is 99.2 cm³/mol. The van der Waals surface area contributed by atoms with Crippen molar-refractivity contribution in [3.05, 3.63) is 53.9 Å². The van der Waals surface area contributed by atoms with E-state index in [2.05, 4.69) is 26.7 Å². The summed E-state index contributed by atoms with van der Waals surface area (Å²) in [5.74, 6) is 0.723. The van der Waals surface area contributed by atoms with Crippen molar-refractivity contribution >= 4 is 5.91 Å². The molecule has 1 N–H and O–H groups in total. The van der Waals surface area contributed by atoms with Crippen LogP contribution in [0.1, 0.15) is 43.6 Å². The third kappa shape index (κ3) is 4.49. The summed E-state index contributed by atoms with van der Waals surface area (Å²) in [6, 6.07) is 5.94. The Kier molecular flexibility index (Phi) is 6.39. The Morgan fingerprint density at radius 3 is 2.65 bits per heavy atom. The lowest BCUT2D eigenvalue weighted by molar-refractivity contribution is -0.127. The molecule has 1 aliphatic heterocycles. The molecule has 1 aromatic heterocycles. The second-order valence-corrected chi connectivity index (χ2v) is 6.73. The fourth-order valence-corrected chi connectivity index (χ4v) is 3.60. The second-order valence-electron chi connectivity index (χ2n) is 6.73. The molecule has 5 nitrogen and oxygen atoms in total. The molecular formula is C20H27FN4O. The minimum atomic E-state index is -0.357. The number of carbonyl (C=O) groups is 1. The fourth-order valence-electron chi connectivity index (χ4n) is 3.60. The molecule has 2 aromatic rings. The van der Waals surface area contributed by atoms with Crippen molar-refractivity contribution in [1.29, 1.82) is 0 Å². The number of likely N-dealkylation sites (tertiary alicyclic amines) is 1. The Balaban J connectivity index is 1.67. The van der Waals surface area contributed by atoms with E-state index in [0.29, 0.717) is 13.1 Å². The van der Waals surface area contributed by atoms with Crippen LogP contribution in [0.3, 0.4) is 0 Å². The Hall–Kier alpha value is -2.21. The highest BCUT2D eigenvalue weighted by Gasteiger charge is 2.28. The molecule has 0 aliphatic carbocycles. The van der Waals surface area contributed by atoms with E-state index in [4.69, 9.17) is 0 Å². The highest BCUT2D eigenvalue weighted by atomic mass is 19.1. The molecule has 3 rings (SSSR count). The molecule has 140 valence electrons. The molecule has 6 heteroatoms. The van der Waals surface area contributed by atoms with Crippen molar-refractivity contribution in [2.45, 2.75) is 45.2 Å². The van der Waals surface area contributed by atoms with Crippen LogP contribution in [0.2, 0.25) is 0 Å². The van der Waals surface area contributed by atoms with Crippen molar-refractivity contribution in [2.75, 3.05) is 19.6 Å². The van der Waals surface area contributed by atoms with E-state index in [-0.39, 0.29) is 17.8 Å². The number of piperidine rings is 1. The molecule has 0 bridgehead atoms. The van der Waals surface area contributed by atoms with E-state index < -0.39 is 0 Å². The van der Waals surface area contributed by atoms with Gasteiger partial charge in [-0.3, -0.25) is 9.69 Å². The second kappa shape index (κ2) is 8.94. The number of halogens is 1. The van der Waals surface area contributed by atoms with Crippen LogP contribution in [0, 0.1) is 5.82 Å². The molecule has 0 radical (unpaired) electrons. The van der Waals surface area contributed by atoms with Gasteiger partial charge in [-0.2, -0.15) is 0 Å². The first-order valence-electron chi connectivity index (χ1n) is 9.46. The number of aryl methyl sites for hydroxylation is 1. The van der Waals surface area contributed by atoms with Gasteiger partial charge in [0.15, 0.2) is 0 Å². The molecule has 0 spiro atoms. The third-order valence-electron chi connectivity index (χ3n) is 4.96. The van der Waals surface area contributed by atoms with Crippen LogP contribution in [0.4, 0.5) is 4.39 Å². The number of imidazole rings is 1. The van der Waals surface area contributed by atoms with Crippen LogP contribution in [0.25, 0.3) is 0 Å². The Bertz CT molecular complexity index is 707. The zero-order valence-electron chi connectivity index (χ0n) is 15.3. The number of amides is 1. The number of aromatic nitrogens is 2. The highest BCUT2D eigenvalue weighted by molar-refractivity contribution is 5.83. The van der Waals surface area contributed by atoms with Gasteiger partial charge in [0.1, 0.15) is 17.7 Å². The monoisotopic (exact) mass is 358 g/mol. The van der Waals surface area contributed by atoms with Gasteiger partial charge in [0.2, 0.25) is 5.91 Å². The van der Waals surface area contributed by atoms with Gasteiger partial charge in [-0.1, -0.05) is 25.5 Å². The van der Waals surface area contributed by atoms with Crippen LogP contribution in [-0.2, 0) is 17.8 Å². The smallest absolute Gasteiger partial charge is 0.242 e. The number of hydrogen-bond acceptors (Lipinski definition) is 3. The highest BCUT2D eigenvalue weighted by Crippen LogP contribution is 2.25.